The first-order chi connectivity index (χ1) is 15.9. The smallest absolute Gasteiger partial charge is 0.252 e. The number of hydrogen-bond acceptors (Lipinski definition) is 3. The number of carbonyl (C=O) groups excluding carboxylic acids is 1. The summed E-state index contributed by atoms with van der Waals surface area (Å²) in [5, 5.41) is 5.80. The van der Waals surface area contributed by atoms with Gasteiger partial charge in [-0.3, -0.25) is 4.79 Å². The summed E-state index contributed by atoms with van der Waals surface area (Å²) in [7, 11) is 0. The second kappa shape index (κ2) is 12.2. The van der Waals surface area contributed by atoms with Crippen LogP contribution in [-0.2, 0) is 0 Å². The molecule has 33 heavy (non-hydrogen) atoms. The third-order valence-electron chi connectivity index (χ3n) is 5.04. The standard InChI is InChI=1S/C26H27Cl3N2O2/c1-2-3-7-18-33-23-16-14-20(15-17-23)19-10-12-21(13-11-19)24(32)31-25(26(27,28)29)30-22-8-5-4-6-9-22/h4-6,8-17,25,30H,2-3,7,18H2,1H3,(H,31,32)/t25-/m0/s1. The first-order valence-electron chi connectivity index (χ1n) is 10.9. The van der Waals surface area contributed by atoms with Crippen molar-refractivity contribution < 1.29 is 9.53 Å². The molecule has 174 valence electrons. The van der Waals surface area contributed by atoms with Crippen molar-refractivity contribution in [3.8, 4) is 16.9 Å². The van der Waals surface area contributed by atoms with Gasteiger partial charge in [-0.2, -0.15) is 0 Å². The molecule has 0 radical (unpaired) electrons. The van der Waals surface area contributed by atoms with E-state index in [0.29, 0.717) is 5.56 Å². The third-order valence-corrected chi connectivity index (χ3v) is 5.69. The average Bonchev–Trinajstić information content (AvgIpc) is 2.82. The lowest BCUT2D eigenvalue weighted by atomic mass is 10.0. The van der Waals surface area contributed by atoms with E-state index in [4.69, 9.17) is 39.5 Å². The van der Waals surface area contributed by atoms with Gasteiger partial charge in [-0.15, -0.1) is 0 Å². The van der Waals surface area contributed by atoms with Gasteiger partial charge in [-0.25, -0.2) is 0 Å². The van der Waals surface area contributed by atoms with Gasteiger partial charge in [-0.05, 0) is 53.9 Å². The van der Waals surface area contributed by atoms with Gasteiger partial charge in [0.1, 0.15) is 11.9 Å². The van der Waals surface area contributed by atoms with E-state index in [1.165, 1.54) is 12.8 Å². The van der Waals surface area contributed by atoms with Crippen LogP contribution in [0.1, 0.15) is 36.5 Å². The van der Waals surface area contributed by atoms with Crippen LogP contribution >= 0.6 is 34.8 Å². The number of amides is 1. The van der Waals surface area contributed by atoms with Gasteiger partial charge in [0.25, 0.3) is 5.91 Å². The Labute approximate surface area is 210 Å². The number of alkyl halides is 3. The molecule has 1 amide bonds. The van der Waals surface area contributed by atoms with Crippen LogP contribution in [-0.4, -0.2) is 22.5 Å². The van der Waals surface area contributed by atoms with Crippen LogP contribution in [0, 0.1) is 0 Å². The van der Waals surface area contributed by atoms with Crippen LogP contribution in [0.15, 0.2) is 78.9 Å². The number of hydrogen-bond donors (Lipinski definition) is 2. The highest BCUT2D eigenvalue weighted by atomic mass is 35.6. The Balaban J connectivity index is 1.63. The quantitative estimate of drug-likeness (QED) is 0.171. The van der Waals surface area contributed by atoms with E-state index in [0.717, 1.165) is 35.6 Å². The highest BCUT2D eigenvalue weighted by Gasteiger charge is 2.34. The summed E-state index contributed by atoms with van der Waals surface area (Å²) in [5.41, 5.74) is 3.21. The minimum atomic E-state index is -1.74. The molecule has 3 rings (SSSR count). The Kier molecular flexibility index (Phi) is 9.30. The summed E-state index contributed by atoms with van der Waals surface area (Å²) in [6.07, 6.45) is 2.48. The van der Waals surface area contributed by atoms with E-state index < -0.39 is 9.96 Å². The number of rotatable bonds is 10. The zero-order valence-electron chi connectivity index (χ0n) is 18.4. The molecule has 0 aliphatic rings. The molecule has 0 unspecified atom stereocenters. The molecule has 0 aromatic heterocycles. The third kappa shape index (κ3) is 7.85. The fourth-order valence-corrected chi connectivity index (χ4v) is 3.54. The van der Waals surface area contributed by atoms with Crippen molar-refractivity contribution in [2.45, 2.75) is 36.1 Å². The molecular weight excluding hydrogens is 479 g/mol. The number of anilines is 1. The molecule has 4 nitrogen and oxygen atoms in total. The molecule has 7 heteroatoms. The minimum absolute atomic E-state index is 0.350. The Morgan fingerprint density at radius 1 is 0.879 bits per heavy atom. The zero-order valence-corrected chi connectivity index (χ0v) is 20.6. The predicted molar refractivity (Wildman–Crippen MR) is 139 cm³/mol. The fraction of sp³-hybridized carbons (Fsp3) is 0.269. The fourth-order valence-electron chi connectivity index (χ4n) is 3.21. The molecule has 0 fully saturated rings. The van der Waals surface area contributed by atoms with Gasteiger partial charge >= 0.3 is 0 Å². The highest BCUT2D eigenvalue weighted by molar-refractivity contribution is 6.68. The van der Waals surface area contributed by atoms with Crippen LogP contribution in [0.3, 0.4) is 0 Å². The topological polar surface area (TPSA) is 50.4 Å². The van der Waals surface area contributed by atoms with Gasteiger partial charge < -0.3 is 15.4 Å². The first-order valence-corrected chi connectivity index (χ1v) is 12.0. The zero-order chi connectivity index (χ0) is 23.7. The van der Waals surface area contributed by atoms with Gasteiger partial charge in [-0.1, -0.05) is 97.0 Å². The van der Waals surface area contributed by atoms with Crippen molar-refractivity contribution in [3.05, 3.63) is 84.4 Å². The molecule has 1 atom stereocenters. The Bertz CT molecular complexity index is 1000. The lowest BCUT2D eigenvalue weighted by molar-refractivity contribution is 0.0942. The van der Waals surface area contributed by atoms with Gasteiger partial charge in [0.15, 0.2) is 0 Å². The number of nitrogens with one attached hydrogen (secondary N) is 2. The maximum absolute atomic E-state index is 12.8. The van der Waals surface area contributed by atoms with Crippen LogP contribution in [0.4, 0.5) is 5.69 Å². The van der Waals surface area contributed by atoms with Gasteiger partial charge in [0.05, 0.1) is 6.61 Å². The predicted octanol–water partition coefficient (Wildman–Crippen LogP) is 7.46. The summed E-state index contributed by atoms with van der Waals surface area (Å²) < 4.78 is 4.02. The molecule has 3 aromatic rings. The second-order valence-corrected chi connectivity index (χ2v) is 9.98. The normalized spacial score (nSPS) is 12.1. The molecule has 0 spiro atoms. The number of halogens is 3. The van der Waals surface area contributed by atoms with Gasteiger partial charge in [0, 0.05) is 11.3 Å². The van der Waals surface area contributed by atoms with E-state index in [1.54, 1.807) is 12.1 Å². The molecule has 0 heterocycles. The van der Waals surface area contributed by atoms with Crippen molar-refractivity contribution >= 4 is 46.4 Å². The molecule has 0 saturated carbocycles. The Morgan fingerprint density at radius 3 is 2.06 bits per heavy atom. The van der Waals surface area contributed by atoms with Crippen molar-refractivity contribution in [3.63, 3.8) is 0 Å². The first kappa shape index (κ1) is 25.2. The lowest BCUT2D eigenvalue weighted by Crippen LogP contribution is -2.49. The summed E-state index contributed by atoms with van der Waals surface area (Å²) >= 11 is 18.3. The summed E-state index contributed by atoms with van der Waals surface area (Å²) in [6.45, 7) is 2.90. The van der Waals surface area contributed by atoms with Crippen molar-refractivity contribution in [1.29, 1.82) is 0 Å². The second-order valence-electron chi connectivity index (χ2n) is 7.62. The molecule has 0 saturated heterocycles. The number of unbranched alkanes of at least 4 members (excludes halogenated alkanes) is 2. The van der Waals surface area contributed by atoms with E-state index in [9.17, 15) is 4.79 Å². The van der Waals surface area contributed by atoms with Crippen LogP contribution < -0.4 is 15.4 Å². The summed E-state index contributed by atoms with van der Waals surface area (Å²) in [6, 6.07) is 24.4. The largest absolute Gasteiger partial charge is 0.494 e. The average molecular weight is 506 g/mol. The molecule has 0 aliphatic heterocycles. The number of carbonyl (C=O) groups is 1. The van der Waals surface area contributed by atoms with E-state index in [1.807, 2.05) is 66.7 Å². The molecule has 3 aromatic carbocycles. The molecule has 0 bridgehead atoms. The van der Waals surface area contributed by atoms with Crippen molar-refractivity contribution in [1.82, 2.24) is 5.32 Å². The number of para-hydroxylation sites is 1. The van der Waals surface area contributed by atoms with Crippen LogP contribution in [0.2, 0.25) is 0 Å². The SMILES string of the molecule is CCCCCOc1ccc(-c2ccc(C(=O)N[C@H](Nc3ccccc3)C(Cl)(Cl)Cl)cc2)cc1. The maximum atomic E-state index is 12.8. The lowest BCUT2D eigenvalue weighted by Gasteiger charge is -2.27. The monoisotopic (exact) mass is 504 g/mol. The van der Waals surface area contributed by atoms with Gasteiger partial charge in [0.2, 0.25) is 3.79 Å². The van der Waals surface area contributed by atoms with E-state index in [2.05, 4.69) is 17.6 Å². The molecular formula is C26H27Cl3N2O2. The number of benzene rings is 3. The molecule has 0 aliphatic carbocycles. The van der Waals surface area contributed by atoms with Crippen LogP contribution in [0.25, 0.3) is 11.1 Å². The number of ether oxygens (including phenoxy) is 1. The maximum Gasteiger partial charge on any atom is 0.252 e. The van der Waals surface area contributed by atoms with Crippen molar-refractivity contribution in [2.24, 2.45) is 0 Å². The van der Waals surface area contributed by atoms with E-state index >= 15 is 0 Å². The summed E-state index contributed by atoms with van der Waals surface area (Å²) in [5.74, 6) is 0.506. The molecule has 2 N–H and O–H groups in total. The Morgan fingerprint density at radius 2 is 1.48 bits per heavy atom. The minimum Gasteiger partial charge on any atom is -0.494 e. The summed E-state index contributed by atoms with van der Waals surface area (Å²) in [4.78, 5) is 12.8. The Hall–Kier alpha value is -2.40. The van der Waals surface area contributed by atoms with E-state index in [-0.39, 0.29) is 5.91 Å². The van der Waals surface area contributed by atoms with Crippen LogP contribution in [0.5, 0.6) is 5.75 Å². The van der Waals surface area contributed by atoms with Crippen molar-refractivity contribution in [2.75, 3.05) is 11.9 Å². The highest BCUT2D eigenvalue weighted by Crippen LogP contribution is 2.31.